The first-order valence-corrected chi connectivity index (χ1v) is 18.5. The number of ether oxygens (including phenoxy) is 2. The molecule has 6 heteroatoms. The van der Waals surface area contributed by atoms with Crippen LogP contribution < -0.4 is 5.63 Å². The number of aryl methyl sites for hydroxylation is 1. The van der Waals surface area contributed by atoms with Gasteiger partial charge in [0.1, 0.15) is 5.76 Å². The van der Waals surface area contributed by atoms with E-state index in [2.05, 4.69) is 67.7 Å². The Hall–Kier alpha value is -0.696. The lowest BCUT2D eigenvalue weighted by Crippen LogP contribution is -2.46. The van der Waals surface area contributed by atoms with E-state index >= 15 is 0 Å². The van der Waals surface area contributed by atoms with Gasteiger partial charge in [0.25, 0.3) is 0 Å². The molecule has 0 saturated carbocycles. The average Bonchev–Trinajstić information content (AvgIpc) is 2.98. The van der Waals surface area contributed by atoms with Crippen molar-refractivity contribution >= 4 is 16.1 Å². The summed E-state index contributed by atoms with van der Waals surface area (Å²) in [5.41, 5.74) is 2.76. The van der Waals surface area contributed by atoms with E-state index in [-0.39, 0.29) is 11.0 Å². The van der Waals surface area contributed by atoms with Crippen LogP contribution in [0.3, 0.4) is 0 Å². The molecular weight excluding hydrogens is 432 g/mol. The van der Waals surface area contributed by atoms with Crippen LogP contribution in [0.1, 0.15) is 64.0 Å². The molecule has 4 nitrogen and oxygen atoms in total. The number of rotatable bonds is 8. The average molecular weight is 481 g/mol. The topological polar surface area (TPSA) is 48.7 Å². The Morgan fingerprint density at radius 2 is 1.22 bits per heavy atom. The van der Waals surface area contributed by atoms with Crippen LogP contribution in [0.15, 0.2) is 9.21 Å². The lowest BCUT2D eigenvalue weighted by Gasteiger charge is -2.39. The first-order valence-electron chi connectivity index (χ1n) is 12.1. The molecule has 0 saturated heterocycles. The maximum absolute atomic E-state index is 12.3. The zero-order valence-corrected chi connectivity index (χ0v) is 24.9. The Morgan fingerprint density at radius 1 is 0.812 bits per heavy atom. The van der Waals surface area contributed by atoms with Crippen molar-refractivity contribution in [2.24, 2.45) is 5.41 Å². The lowest BCUT2D eigenvalue weighted by molar-refractivity contribution is 0.00164. The fraction of sp³-hybridized carbons (Fsp3) is 0.808. The fourth-order valence-corrected chi connectivity index (χ4v) is 5.94. The lowest BCUT2D eigenvalue weighted by atomic mass is 9.86. The van der Waals surface area contributed by atoms with Gasteiger partial charge in [-0.3, -0.25) is 0 Å². The summed E-state index contributed by atoms with van der Waals surface area (Å²) in [6.07, 6.45) is 3.36. The molecule has 0 aliphatic heterocycles. The predicted octanol–water partition coefficient (Wildman–Crippen LogP) is 6.47. The highest BCUT2D eigenvalue weighted by Gasteiger charge is 2.43. The van der Waals surface area contributed by atoms with Gasteiger partial charge in [-0.1, -0.05) is 67.7 Å². The van der Waals surface area contributed by atoms with E-state index in [9.17, 15) is 4.79 Å². The van der Waals surface area contributed by atoms with Gasteiger partial charge in [-0.05, 0) is 47.9 Å². The van der Waals surface area contributed by atoms with E-state index in [0.29, 0.717) is 23.3 Å². The molecule has 0 N–H and O–H groups in total. The van der Waals surface area contributed by atoms with Crippen LogP contribution in [-0.4, -0.2) is 41.8 Å². The maximum Gasteiger partial charge on any atom is 0.339 e. The highest BCUT2D eigenvalue weighted by Crippen LogP contribution is 2.42. The van der Waals surface area contributed by atoms with Crippen LogP contribution in [0.25, 0.3) is 0 Å². The van der Waals surface area contributed by atoms with Crippen molar-refractivity contribution in [2.45, 2.75) is 104 Å². The van der Waals surface area contributed by atoms with Crippen molar-refractivity contribution in [3.63, 3.8) is 0 Å². The summed E-state index contributed by atoms with van der Waals surface area (Å²) in [5.74, 6) is 0.756. The molecule has 0 unspecified atom stereocenters. The predicted molar refractivity (Wildman–Crippen MR) is 140 cm³/mol. The van der Waals surface area contributed by atoms with Crippen molar-refractivity contribution in [3.05, 3.63) is 32.9 Å². The Labute approximate surface area is 198 Å². The van der Waals surface area contributed by atoms with Gasteiger partial charge in [0.2, 0.25) is 0 Å². The minimum absolute atomic E-state index is 0.133. The van der Waals surface area contributed by atoms with Crippen molar-refractivity contribution in [1.29, 1.82) is 0 Å². The van der Waals surface area contributed by atoms with Gasteiger partial charge in [-0.15, -0.1) is 0 Å². The molecular formula is C26H48O4Si2. The molecule has 1 aliphatic carbocycles. The summed E-state index contributed by atoms with van der Waals surface area (Å²) in [6.45, 7) is 28.8. The van der Waals surface area contributed by atoms with Crippen LogP contribution >= 0.6 is 0 Å². The number of fused-ring (bicyclic) bond motifs is 1. The first-order chi connectivity index (χ1) is 14.3. The summed E-state index contributed by atoms with van der Waals surface area (Å²) in [6, 6.07) is 0. The summed E-state index contributed by atoms with van der Waals surface area (Å²) < 4.78 is 18.5. The minimum Gasteiger partial charge on any atom is -0.428 e. The first kappa shape index (κ1) is 27.5. The second-order valence-electron chi connectivity index (χ2n) is 13.6. The summed E-state index contributed by atoms with van der Waals surface area (Å²) in [4.78, 5) is 12.3. The minimum atomic E-state index is -1.53. The largest absolute Gasteiger partial charge is 0.428 e. The van der Waals surface area contributed by atoms with E-state index in [0.717, 1.165) is 42.2 Å². The molecule has 0 aromatic carbocycles. The third-order valence-corrected chi connectivity index (χ3v) is 18.7. The molecule has 1 aromatic heterocycles. The van der Waals surface area contributed by atoms with Crippen LogP contribution in [0.5, 0.6) is 0 Å². The van der Waals surface area contributed by atoms with Gasteiger partial charge >= 0.3 is 5.63 Å². The zero-order valence-electron chi connectivity index (χ0n) is 22.9. The molecule has 0 amide bonds. The van der Waals surface area contributed by atoms with Gasteiger partial charge in [0.15, 0.2) is 0 Å². The van der Waals surface area contributed by atoms with Crippen molar-refractivity contribution in [3.8, 4) is 0 Å². The molecule has 2 rings (SSSR count). The number of hydrogen-bond donors (Lipinski definition) is 0. The highest BCUT2D eigenvalue weighted by molar-refractivity contribution is 6.80. The molecule has 1 heterocycles. The second-order valence-corrected chi connectivity index (χ2v) is 24.7. The molecule has 0 fully saturated rings. The summed E-state index contributed by atoms with van der Waals surface area (Å²) in [7, 11) is -3.06. The van der Waals surface area contributed by atoms with Crippen LogP contribution in [0.4, 0.5) is 0 Å². The maximum atomic E-state index is 12.3. The zero-order chi connectivity index (χ0) is 24.8. The monoisotopic (exact) mass is 480 g/mol. The Morgan fingerprint density at radius 3 is 1.62 bits per heavy atom. The molecule has 0 radical (unpaired) electrons. The molecule has 0 bridgehead atoms. The number of hydrogen-bond acceptors (Lipinski definition) is 4. The van der Waals surface area contributed by atoms with Crippen LogP contribution in [0.2, 0.25) is 36.3 Å². The molecule has 1 aromatic rings. The van der Waals surface area contributed by atoms with Gasteiger partial charge in [0, 0.05) is 23.4 Å². The highest BCUT2D eigenvalue weighted by atomic mass is 28.3. The standard InChI is InChI=1S/C26H48O4Si2/c1-19-21-13-26(14-22(21)20(2)30-23(19)27,15-28-17-31(9,10)24(3,4)5)16-29-18-32(11,12)25(6,7)8/h13-18H2,1-12H3. The van der Waals surface area contributed by atoms with Gasteiger partial charge < -0.3 is 13.9 Å². The summed E-state index contributed by atoms with van der Waals surface area (Å²) in [5, 5.41) is 0.586. The second kappa shape index (κ2) is 9.16. The molecule has 184 valence electrons. The third-order valence-electron chi connectivity index (χ3n) is 8.70. The fourth-order valence-electron chi connectivity index (χ4n) is 3.85. The molecule has 32 heavy (non-hydrogen) atoms. The Kier molecular flexibility index (Phi) is 7.88. The van der Waals surface area contributed by atoms with Gasteiger partial charge in [-0.2, -0.15) is 0 Å². The van der Waals surface area contributed by atoms with E-state index < -0.39 is 16.1 Å². The van der Waals surface area contributed by atoms with Crippen molar-refractivity contribution in [2.75, 3.05) is 25.7 Å². The van der Waals surface area contributed by atoms with Crippen molar-refractivity contribution < 1.29 is 13.9 Å². The SMILES string of the molecule is Cc1oc(=O)c(C)c2c1CC(COC[Si](C)(C)C(C)(C)C)(COC[Si](C)(C)C(C)(C)C)C2. The van der Waals surface area contributed by atoms with Crippen LogP contribution in [0, 0.1) is 19.3 Å². The quantitative estimate of drug-likeness (QED) is 0.400. The Balaban J connectivity index is 2.24. The molecule has 0 spiro atoms. The van der Waals surface area contributed by atoms with Gasteiger partial charge in [0.05, 0.1) is 29.4 Å². The van der Waals surface area contributed by atoms with Gasteiger partial charge in [-0.25, -0.2) is 4.79 Å². The van der Waals surface area contributed by atoms with E-state index in [1.807, 2.05) is 13.8 Å². The smallest absolute Gasteiger partial charge is 0.339 e. The van der Waals surface area contributed by atoms with Crippen LogP contribution in [-0.2, 0) is 22.3 Å². The molecule has 1 aliphatic rings. The molecule has 0 atom stereocenters. The summed E-state index contributed by atoms with van der Waals surface area (Å²) >= 11 is 0. The van der Waals surface area contributed by atoms with Crippen molar-refractivity contribution in [1.82, 2.24) is 0 Å². The van der Waals surface area contributed by atoms with E-state index in [1.165, 1.54) is 5.56 Å². The van der Waals surface area contributed by atoms with E-state index in [4.69, 9.17) is 13.9 Å². The third kappa shape index (κ3) is 5.86. The Bertz CT molecular complexity index is 838. The van der Waals surface area contributed by atoms with E-state index in [1.54, 1.807) is 0 Å². The normalized spacial score (nSPS) is 17.0.